The molecule has 0 fully saturated rings. The first-order valence-electron chi connectivity index (χ1n) is 3.28. The SMILES string of the molecule is O=[C]C(=O)CSc1ccccn1. The van der Waals surface area contributed by atoms with Crippen molar-refractivity contribution in [2.45, 2.75) is 5.03 Å². The van der Waals surface area contributed by atoms with E-state index in [-0.39, 0.29) is 5.75 Å². The van der Waals surface area contributed by atoms with E-state index in [2.05, 4.69) is 4.98 Å². The number of hydrogen-bond acceptors (Lipinski definition) is 4. The molecule has 0 aliphatic rings. The van der Waals surface area contributed by atoms with Crippen LogP contribution in [0.25, 0.3) is 0 Å². The van der Waals surface area contributed by atoms with Crippen LogP contribution in [0, 0.1) is 0 Å². The maximum Gasteiger partial charge on any atom is 0.273 e. The van der Waals surface area contributed by atoms with Gasteiger partial charge in [0.25, 0.3) is 6.29 Å². The molecular formula is C8H6NO2S. The molecule has 1 heterocycles. The lowest BCUT2D eigenvalue weighted by atomic mass is 10.5. The largest absolute Gasteiger partial charge is 0.289 e. The van der Waals surface area contributed by atoms with E-state index in [1.807, 2.05) is 6.07 Å². The molecule has 0 aromatic carbocycles. The summed E-state index contributed by atoms with van der Waals surface area (Å²) in [5.74, 6) is -0.425. The van der Waals surface area contributed by atoms with Crippen molar-refractivity contribution in [3.63, 3.8) is 0 Å². The molecule has 1 rings (SSSR count). The smallest absolute Gasteiger partial charge is 0.273 e. The van der Waals surface area contributed by atoms with Crippen LogP contribution in [-0.4, -0.2) is 22.8 Å². The zero-order valence-electron chi connectivity index (χ0n) is 6.19. The minimum Gasteiger partial charge on any atom is -0.289 e. The predicted molar refractivity (Wildman–Crippen MR) is 45.7 cm³/mol. The molecule has 61 valence electrons. The van der Waals surface area contributed by atoms with Crippen molar-refractivity contribution >= 4 is 23.8 Å². The van der Waals surface area contributed by atoms with Gasteiger partial charge in [-0.25, -0.2) is 4.98 Å². The molecule has 12 heavy (non-hydrogen) atoms. The lowest BCUT2D eigenvalue weighted by Crippen LogP contribution is -2.01. The third-order valence-electron chi connectivity index (χ3n) is 1.10. The molecule has 3 nitrogen and oxygen atoms in total. The lowest BCUT2D eigenvalue weighted by Gasteiger charge is -1.94. The fourth-order valence-electron chi connectivity index (χ4n) is 0.601. The van der Waals surface area contributed by atoms with Crippen molar-refractivity contribution in [1.82, 2.24) is 4.98 Å². The Morgan fingerprint density at radius 2 is 2.42 bits per heavy atom. The molecule has 1 radical (unpaired) electrons. The number of ketones is 1. The topological polar surface area (TPSA) is 47.0 Å². The number of Topliss-reactive ketones (excluding diaryl/α,β-unsaturated/α-hetero) is 1. The van der Waals surface area contributed by atoms with Gasteiger partial charge in [0.1, 0.15) is 0 Å². The maximum absolute atomic E-state index is 10.5. The highest BCUT2D eigenvalue weighted by molar-refractivity contribution is 8.00. The standard InChI is InChI=1S/C8H6NO2S/c10-5-7(11)6-12-8-3-1-2-4-9-8/h1-4H,6H2. The first-order valence-corrected chi connectivity index (χ1v) is 4.26. The molecule has 0 spiro atoms. The van der Waals surface area contributed by atoms with E-state index < -0.39 is 5.78 Å². The van der Waals surface area contributed by atoms with Crippen LogP contribution in [0.3, 0.4) is 0 Å². The monoisotopic (exact) mass is 180 g/mol. The minimum absolute atomic E-state index is 0.112. The molecule has 0 bridgehead atoms. The first kappa shape index (κ1) is 8.93. The molecule has 1 aromatic rings. The average molecular weight is 180 g/mol. The van der Waals surface area contributed by atoms with Gasteiger partial charge < -0.3 is 0 Å². The average Bonchev–Trinajstić information content (AvgIpc) is 2.16. The van der Waals surface area contributed by atoms with Crippen molar-refractivity contribution < 1.29 is 9.59 Å². The number of hydrogen-bond donors (Lipinski definition) is 0. The lowest BCUT2D eigenvalue weighted by molar-refractivity contribution is -0.110. The van der Waals surface area contributed by atoms with Crippen molar-refractivity contribution in [2.75, 3.05) is 5.75 Å². The summed E-state index contributed by atoms with van der Waals surface area (Å²) in [5, 5.41) is 0.737. The van der Waals surface area contributed by atoms with Gasteiger partial charge in [-0.05, 0) is 12.1 Å². The molecule has 0 saturated carbocycles. The molecular weight excluding hydrogens is 174 g/mol. The number of nitrogens with zero attached hydrogens (tertiary/aromatic N) is 1. The number of carbonyl (C=O) groups excluding carboxylic acids is 2. The molecule has 0 unspecified atom stereocenters. The highest BCUT2D eigenvalue weighted by Crippen LogP contribution is 2.12. The first-order chi connectivity index (χ1) is 5.83. The van der Waals surface area contributed by atoms with Crippen LogP contribution < -0.4 is 0 Å². The van der Waals surface area contributed by atoms with E-state index in [0.29, 0.717) is 0 Å². The number of carbonyl (C=O) groups is 1. The fourth-order valence-corrected chi connectivity index (χ4v) is 1.25. The Bertz CT molecular complexity index is 274. The van der Waals surface area contributed by atoms with E-state index in [4.69, 9.17) is 0 Å². The van der Waals surface area contributed by atoms with Crippen molar-refractivity contribution in [2.24, 2.45) is 0 Å². The highest BCUT2D eigenvalue weighted by atomic mass is 32.2. The molecule has 0 atom stereocenters. The van der Waals surface area contributed by atoms with Crippen LogP contribution in [0.4, 0.5) is 0 Å². The van der Waals surface area contributed by atoms with Crippen LogP contribution in [0.1, 0.15) is 0 Å². The second-order valence-corrected chi connectivity index (χ2v) is 2.98. The summed E-state index contributed by atoms with van der Waals surface area (Å²) in [7, 11) is 0. The van der Waals surface area contributed by atoms with Gasteiger partial charge in [-0.2, -0.15) is 0 Å². The summed E-state index contributed by atoms with van der Waals surface area (Å²) >= 11 is 1.23. The quantitative estimate of drug-likeness (QED) is 0.509. The van der Waals surface area contributed by atoms with E-state index in [1.54, 1.807) is 18.3 Å². The van der Waals surface area contributed by atoms with E-state index in [1.165, 1.54) is 18.0 Å². The predicted octanol–water partition coefficient (Wildman–Crippen LogP) is 0.852. The van der Waals surface area contributed by atoms with Crippen LogP contribution in [0.5, 0.6) is 0 Å². The van der Waals surface area contributed by atoms with Crippen LogP contribution >= 0.6 is 11.8 Å². The van der Waals surface area contributed by atoms with Crippen LogP contribution in [0.2, 0.25) is 0 Å². The Morgan fingerprint density at radius 1 is 1.58 bits per heavy atom. The Morgan fingerprint density at radius 3 is 3.00 bits per heavy atom. The van der Waals surface area contributed by atoms with Gasteiger partial charge in [-0.1, -0.05) is 17.8 Å². The van der Waals surface area contributed by atoms with Gasteiger partial charge >= 0.3 is 0 Å². The van der Waals surface area contributed by atoms with Gasteiger partial charge in [-0.15, -0.1) is 0 Å². The third kappa shape index (κ3) is 2.84. The van der Waals surface area contributed by atoms with Gasteiger partial charge in [0.05, 0.1) is 10.8 Å². The van der Waals surface area contributed by atoms with Gasteiger partial charge in [0.15, 0.2) is 0 Å². The summed E-state index contributed by atoms with van der Waals surface area (Å²) in [5.41, 5.74) is 0. The van der Waals surface area contributed by atoms with E-state index >= 15 is 0 Å². The van der Waals surface area contributed by atoms with Crippen LogP contribution in [0.15, 0.2) is 29.4 Å². The molecule has 0 aliphatic heterocycles. The van der Waals surface area contributed by atoms with Gasteiger partial charge in [-0.3, -0.25) is 9.59 Å². The zero-order valence-corrected chi connectivity index (χ0v) is 7.00. The number of aromatic nitrogens is 1. The zero-order chi connectivity index (χ0) is 8.81. The summed E-state index contributed by atoms with van der Waals surface area (Å²) < 4.78 is 0. The number of thioether (sulfide) groups is 1. The van der Waals surface area contributed by atoms with Crippen molar-refractivity contribution in [1.29, 1.82) is 0 Å². The molecule has 0 saturated heterocycles. The highest BCUT2D eigenvalue weighted by Gasteiger charge is 2.01. The number of pyridine rings is 1. The summed E-state index contributed by atoms with van der Waals surface area (Å²) in [6.45, 7) is 0. The Labute approximate surface area is 74.2 Å². The van der Waals surface area contributed by atoms with Crippen LogP contribution in [-0.2, 0) is 9.59 Å². The maximum atomic E-state index is 10.5. The van der Waals surface area contributed by atoms with Gasteiger partial charge in [0.2, 0.25) is 5.78 Å². The molecule has 0 N–H and O–H groups in total. The summed E-state index contributed by atoms with van der Waals surface area (Å²) in [6.07, 6.45) is 2.93. The van der Waals surface area contributed by atoms with Crippen molar-refractivity contribution in [3.05, 3.63) is 24.4 Å². The molecule has 4 heteroatoms. The third-order valence-corrected chi connectivity index (χ3v) is 2.05. The fraction of sp³-hybridized carbons (Fsp3) is 0.125. The molecule has 1 aromatic heterocycles. The minimum atomic E-state index is -0.536. The van der Waals surface area contributed by atoms with Gasteiger partial charge in [0, 0.05) is 6.20 Å². The normalized spacial score (nSPS) is 9.33. The van der Waals surface area contributed by atoms with E-state index in [9.17, 15) is 9.59 Å². The molecule has 0 aliphatic carbocycles. The Hall–Kier alpha value is -1.16. The second kappa shape index (κ2) is 4.66. The Kier molecular flexibility index (Phi) is 3.47. The molecule has 0 amide bonds. The summed E-state index contributed by atoms with van der Waals surface area (Å²) in [4.78, 5) is 24.3. The van der Waals surface area contributed by atoms with Crippen molar-refractivity contribution in [3.8, 4) is 0 Å². The number of rotatable bonds is 4. The second-order valence-electron chi connectivity index (χ2n) is 1.98. The summed E-state index contributed by atoms with van der Waals surface area (Å²) in [6, 6.07) is 5.39. The Balaban J connectivity index is 2.43. The van der Waals surface area contributed by atoms with E-state index in [0.717, 1.165) is 5.03 Å².